The Morgan fingerprint density at radius 2 is 2.27 bits per heavy atom. The molecule has 0 spiro atoms. The lowest BCUT2D eigenvalue weighted by molar-refractivity contribution is 0.610. The molecule has 1 heterocycles. The van der Waals surface area contributed by atoms with Gasteiger partial charge in [0.05, 0.1) is 0 Å². The van der Waals surface area contributed by atoms with Crippen LogP contribution in [0.15, 0.2) is 24.3 Å². The van der Waals surface area contributed by atoms with Crippen molar-refractivity contribution in [1.82, 2.24) is 0 Å². The third-order valence-corrected chi connectivity index (χ3v) is 3.43. The second-order valence-electron chi connectivity index (χ2n) is 4.03. The molecule has 0 bridgehead atoms. The van der Waals surface area contributed by atoms with Crippen LogP contribution in [0, 0.1) is 0 Å². The minimum atomic E-state index is 0.293. The van der Waals surface area contributed by atoms with E-state index < -0.39 is 0 Å². The van der Waals surface area contributed by atoms with Crippen LogP contribution < -0.4 is 10.6 Å². The summed E-state index contributed by atoms with van der Waals surface area (Å²) in [6, 6.07) is 8.91. The fraction of sp³-hybridized carbons (Fsp3) is 0.500. The molecule has 2 nitrogen and oxygen atoms in total. The Balaban J connectivity index is 2.18. The van der Waals surface area contributed by atoms with Gasteiger partial charge in [-0.25, -0.2) is 0 Å². The van der Waals surface area contributed by atoms with Crippen molar-refractivity contribution < 1.29 is 0 Å². The zero-order valence-electron chi connectivity index (χ0n) is 9.15. The van der Waals surface area contributed by atoms with Gasteiger partial charge in [0.1, 0.15) is 0 Å². The lowest BCUT2D eigenvalue weighted by atomic mass is 9.99. The van der Waals surface area contributed by atoms with Gasteiger partial charge in [-0.1, -0.05) is 18.2 Å². The molecule has 1 aromatic carbocycles. The van der Waals surface area contributed by atoms with Crippen molar-refractivity contribution in [1.29, 1.82) is 0 Å². The molecule has 0 saturated carbocycles. The standard InChI is InChI=1S/C12H18N2S/c1-15-7-6-14-9-11(13)8-10-4-2-3-5-12(10)14/h2-5,11H,6-9,13H2,1H3. The maximum atomic E-state index is 6.06. The van der Waals surface area contributed by atoms with Gasteiger partial charge in [0.25, 0.3) is 0 Å². The summed E-state index contributed by atoms with van der Waals surface area (Å²) in [5.74, 6) is 1.17. The molecule has 0 amide bonds. The van der Waals surface area contributed by atoms with Gasteiger partial charge in [-0.15, -0.1) is 0 Å². The molecule has 2 rings (SSSR count). The van der Waals surface area contributed by atoms with Crippen molar-refractivity contribution in [2.24, 2.45) is 5.73 Å². The molecule has 0 saturated heterocycles. The fourth-order valence-corrected chi connectivity index (χ4v) is 2.54. The largest absolute Gasteiger partial charge is 0.369 e. The second kappa shape index (κ2) is 4.90. The van der Waals surface area contributed by atoms with Gasteiger partial charge in [-0.3, -0.25) is 0 Å². The van der Waals surface area contributed by atoms with Crippen molar-refractivity contribution >= 4 is 17.4 Å². The van der Waals surface area contributed by atoms with Crippen LogP contribution in [-0.4, -0.2) is 31.1 Å². The number of hydrogen-bond donors (Lipinski definition) is 1. The van der Waals surface area contributed by atoms with Crippen LogP contribution in [0.1, 0.15) is 5.56 Å². The van der Waals surface area contributed by atoms with Crippen molar-refractivity contribution in [2.45, 2.75) is 12.5 Å². The van der Waals surface area contributed by atoms with Gasteiger partial charge in [0.15, 0.2) is 0 Å². The molecule has 2 N–H and O–H groups in total. The monoisotopic (exact) mass is 222 g/mol. The zero-order valence-corrected chi connectivity index (χ0v) is 9.96. The lowest BCUT2D eigenvalue weighted by Gasteiger charge is -2.34. The molecule has 0 aliphatic carbocycles. The third-order valence-electron chi connectivity index (χ3n) is 2.83. The summed E-state index contributed by atoms with van der Waals surface area (Å²) >= 11 is 1.89. The Labute approximate surface area is 95.8 Å². The molecule has 3 heteroatoms. The first-order valence-corrected chi connectivity index (χ1v) is 6.78. The van der Waals surface area contributed by atoms with Gasteiger partial charge in [0, 0.05) is 30.6 Å². The number of benzene rings is 1. The minimum Gasteiger partial charge on any atom is -0.369 e. The Morgan fingerprint density at radius 1 is 1.47 bits per heavy atom. The first-order chi connectivity index (χ1) is 7.31. The molecule has 15 heavy (non-hydrogen) atoms. The molecule has 1 unspecified atom stereocenters. The second-order valence-corrected chi connectivity index (χ2v) is 5.02. The topological polar surface area (TPSA) is 29.3 Å². The summed E-state index contributed by atoms with van der Waals surface area (Å²) < 4.78 is 0. The number of fused-ring (bicyclic) bond motifs is 1. The molecule has 1 aromatic rings. The van der Waals surface area contributed by atoms with Crippen LogP contribution in [0.25, 0.3) is 0 Å². The highest BCUT2D eigenvalue weighted by Crippen LogP contribution is 2.26. The van der Waals surface area contributed by atoms with Crippen LogP contribution >= 0.6 is 11.8 Å². The number of anilines is 1. The molecule has 1 atom stereocenters. The smallest absolute Gasteiger partial charge is 0.0400 e. The SMILES string of the molecule is CSCCN1CC(N)Cc2ccccc21. The Morgan fingerprint density at radius 3 is 3.07 bits per heavy atom. The van der Waals surface area contributed by atoms with Crippen LogP contribution in [-0.2, 0) is 6.42 Å². The summed E-state index contributed by atoms with van der Waals surface area (Å²) in [7, 11) is 0. The normalized spacial score (nSPS) is 20.1. The number of rotatable bonds is 3. The molecular weight excluding hydrogens is 204 g/mol. The maximum Gasteiger partial charge on any atom is 0.0400 e. The van der Waals surface area contributed by atoms with Crippen LogP contribution in [0.2, 0.25) is 0 Å². The molecule has 82 valence electrons. The average Bonchev–Trinajstić information content (AvgIpc) is 2.25. The molecule has 0 fully saturated rings. The first kappa shape index (κ1) is 10.8. The lowest BCUT2D eigenvalue weighted by Crippen LogP contribution is -2.44. The zero-order chi connectivity index (χ0) is 10.7. The van der Waals surface area contributed by atoms with E-state index >= 15 is 0 Å². The molecule has 0 radical (unpaired) electrons. The molecule has 1 aliphatic rings. The average molecular weight is 222 g/mol. The van der Waals surface area contributed by atoms with Crippen molar-refractivity contribution in [3.8, 4) is 0 Å². The van der Waals surface area contributed by atoms with Gasteiger partial charge >= 0.3 is 0 Å². The maximum absolute atomic E-state index is 6.06. The molecule has 0 aromatic heterocycles. The van der Waals surface area contributed by atoms with E-state index in [1.54, 1.807) is 0 Å². The minimum absolute atomic E-state index is 0.293. The summed E-state index contributed by atoms with van der Waals surface area (Å²) in [4.78, 5) is 2.42. The van der Waals surface area contributed by atoms with Crippen molar-refractivity contribution in [3.63, 3.8) is 0 Å². The van der Waals surface area contributed by atoms with Gasteiger partial charge in [-0.2, -0.15) is 11.8 Å². The number of nitrogens with zero attached hydrogens (tertiary/aromatic N) is 1. The van der Waals surface area contributed by atoms with E-state index in [4.69, 9.17) is 5.73 Å². The highest BCUT2D eigenvalue weighted by atomic mass is 32.2. The number of thioether (sulfide) groups is 1. The summed E-state index contributed by atoms with van der Waals surface area (Å²) in [5, 5.41) is 0. The van der Waals surface area contributed by atoms with Crippen molar-refractivity contribution in [3.05, 3.63) is 29.8 Å². The molecule has 1 aliphatic heterocycles. The van der Waals surface area contributed by atoms with E-state index in [0.29, 0.717) is 6.04 Å². The number of para-hydroxylation sites is 1. The van der Waals surface area contributed by atoms with Crippen molar-refractivity contribution in [2.75, 3.05) is 30.0 Å². The van der Waals surface area contributed by atoms with Crippen LogP contribution in [0.3, 0.4) is 0 Å². The van der Waals surface area contributed by atoms with Gasteiger partial charge in [0.2, 0.25) is 0 Å². The van der Waals surface area contributed by atoms with E-state index in [1.807, 2.05) is 11.8 Å². The van der Waals surface area contributed by atoms with E-state index in [0.717, 1.165) is 19.5 Å². The number of hydrogen-bond acceptors (Lipinski definition) is 3. The Hall–Kier alpha value is -0.670. The fourth-order valence-electron chi connectivity index (χ4n) is 2.13. The van der Waals surface area contributed by atoms with Crippen LogP contribution in [0.4, 0.5) is 5.69 Å². The van der Waals surface area contributed by atoms with E-state index in [9.17, 15) is 0 Å². The Kier molecular flexibility index (Phi) is 3.54. The predicted octanol–water partition coefficient (Wildman–Crippen LogP) is 1.74. The Bertz CT molecular complexity index is 327. The van der Waals surface area contributed by atoms with E-state index in [-0.39, 0.29) is 0 Å². The van der Waals surface area contributed by atoms with E-state index in [1.165, 1.54) is 17.0 Å². The van der Waals surface area contributed by atoms with Crippen LogP contribution in [0.5, 0.6) is 0 Å². The predicted molar refractivity (Wildman–Crippen MR) is 68.7 cm³/mol. The van der Waals surface area contributed by atoms with Gasteiger partial charge < -0.3 is 10.6 Å². The highest BCUT2D eigenvalue weighted by Gasteiger charge is 2.20. The van der Waals surface area contributed by atoms with E-state index in [2.05, 4.69) is 35.4 Å². The third kappa shape index (κ3) is 2.47. The number of nitrogens with two attached hydrogens (primary N) is 1. The highest BCUT2D eigenvalue weighted by molar-refractivity contribution is 7.98. The first-order valence-electron chi connectivity index (χ1n) is 5.38. The summed E-state index contributed by atoms with van der Waals surface area (Å²) in [6.07, 6.45) is 3.17. The summed E-state index contributed by atoms with van der Waals surface area (Å²) in [5.41, 5.74) is 8.85. The quantitative estimate of drug-likeness (QED) is 0.844. The molecular formula is C12H18N2S. The van der Waals surface area contributed by atoms with Gasteiger partial charge in [-0.05, 0) is 24.3 Å². The summed E-state index contributed by atoms with van der Waals surface area (Å²) in [6.45, 7) is 2.10.